The van der Waals surface area contributed by atoms with Gasteiger partial charge in [-0.3, -0.25) is 9.69 Å². The first-order valence-corrected chi connectivity index (χ1v) is 7.66. The molecular formula is C17H19FN2O3. The summed E-state index contributed by atoms with van der Waals surface area (Å²) in [6.45, 7) is 2.23. The number of methoxy groups -OCH3 is 1. The molecule has 1 aromatic carbocycles. The van der Waals surface area contributed by atoms with E-state index in [1.54, 1.807) is 18.3 Å². The Morgan fingerprint density at radius 2 is 2.04 bits per heavy atom. The zero-order chi connectivity index (χ0) is 16.2. The van der Waals surface area contributed by atoms with Gasteiger partial charge in [0, 0.05) is 5.56 Å². The summed E-state index contributed by atoms with van der Waals surface area (Å²) >= 11 is 0. The highest BCUT2D eigenvalue weighted by molar-refractivity contribution is 5.72. The molecule has 1 saturated heterocycles. The molecule has 0 N–H and O–H groups in total. The number of carbonyl (C=O) groups is 1. The largest absolute Gasteiger partial charge is 0.469 e. The van der Waals surface area contributed by atoms with E-state index in [0.717, 1.165) is 31.5 Å². The highest BCUT2D eigenvalue weighted by Crippen LogP contribution is 2.23. The number of hydrogen-bond acceptors (Lipinski definition) is 5. The predicted octanol–water partition coefficient (Wildman–Crippen LogP) is 2.87. The lowest BCUT2D eigenvalue weighted by Gasteiger charge is -2.29. The average molecular weight is 318 g/mol. The van der Waals surface area contributed by atoms with Crippen molar-refractivity contribution in [3.8, 4) is 11.3 Å². The number of rotatable bonds is 4. The summed E-state index contributed by atoms with van der Waals surface area (Å²) in [5.41, 5.74) is 0.801. The van der Waals surface area contributed by atoms with Crippen LogP contribution in [0.5, 0.6) is 0 Å². The van der Waals surface area contributed by atoms with Gasteiger partial charge < -0.3 is 9.15 Å². The van der Waals surface area contributed by atoms with E-state index in [2.05, 4.69) is 9.88 Å². The van der Waals surface area contributed by atoms with Crippen LogP contribution in [0.3, 0.4) is 0 Å². The molecule has 6 heteroatoms. The van der Waals surface area contributed by atoms with E-state index < -0.39 is 0 Å². The molecule has 2 aromatic rings. The van der Waals surface area contributed by atoms with Crippen LogP contribution in [0, 0.1) is 11.7 Å². The fourth-order valence-corrected chi connectivity index (χ4v) is 2.82. The molecule has 1 fully saturated rings. The minimum absolute atomic E-state index is 0.00409. The third-order valence-corrected chi connectivity index (χ3v) is 4.16. The van der Waals surface area contributed by atoms with Crippen molar-refractivity contribution in [3.63, 3.8) is 0 Å². The van der Waals surface area contributed by atoms with Gasteiger partial charge in [0.2, 0.25) is 5.89 Å². The van der Waals surface area contributed by atoms with Crippen LogP contribution >= 0.6 is 0 Å². The Hall–Kier alpha value is -2.21. The van der Waals surface area contributed by atoms with Crippen LogP contribution in [0.4, 0.5) is 4.39 Å². The molecule has 0 radical (unpaired) electrons. The second-order valence-electron chi connectivity index (χ2n) is 5.70. The summed E-state index contributed by atoms with van der Waals surface area (Å²) in [4.78, 5) is 18.0. The molecule has 0 saturated carbocycles. The number of likely N-dealkylation sites (tertiary alicyclic amines) is 1. The molecule has 1 aromatic heterocycles. The highest BCUT2D eigenvalue weighted by Gasteiger charge is 2.26. The molecule has 2 heterocycles. The summed E-state index contributed by atoms with van der Waals surface area (Å²) < 4.78 is 23.5. The van der Waals surface area contributed by atoms with Crippen LogP contribution in [0.2, 0.25) is 0 Å². The average Bonchev–Trinajstić information content (AvgIpc) is 3.04. The molecule has 0 spiro atoms. The normalized spacial score (nSPS) is 16.4. The third-order valence-electron chi connectivity index (χ3n) is 4.16. The summed E-state index contributed by atoms with van der Waals surface area (Å²) in [5, 5.41) is 0. The quantitative estimate of drug-likeness (QED) is 0.811. The van der Waals surface area contributed by atoms with Crippen molar-refractivity contribution in [1.82, 2.24) is 9.88 Å². The number of hydrogen-bond donors (Lipinski definition) is 0. The number of piperidine rings is 1. The van der Waals surface area contributed by atoms with Crippen LogP contribution in [0.25, 0.3) is 11.3 Å². The smallest absolute Gasteiger partial charge is 0.308 e. The van der Waals surface area contributed by atoms with Gasteiger partial charge in [-0.1, -0.05) is 0 Å². The molecule has 1 aliphatic heterocycles. The van der Waals surface area contributed by atoms with Gasteiger partial charge in [-0.15, -0.1) is 0 Å². The van der Waals surface area contributed by atoms with Gasteiger partial charge in [-0.2, -0.15) is 0 Å². The minimum atomic E-state index is -0.276. The Balaban J connectivity index is 1.58. The lowest BCUT2D eigenvalue weighted by Crippen LogP contribution is -2.36. The van der Waals surface area contributed by atoms with Crippen molar-refractivity contribution in [3.05, 3.63) is 42.2 Å². The molecular weight excluding hydrogens is 299 g/mol. The summed E-state index contributed by atoms with van der Waals surface area (Å²) in [7, 11) is 1.43. The maximum atomic E-state index is 12.9. The van der Waals surface area contributed by atoms with Crippen LogP contribution in [0.1, 0.15) is 18.7 Å². The fraction of sp³-hybridized carbons (Fsp3) is 0.412. The second kappa shape index (κ2) is 6.91. The van der Waals surface area contributed by atoms with E-state index in [9.17, 15) is 9.18 Å². The highest BCUT2D eigenvalue weighted by atomic mass is 19.1. The Bertz CT molecular complexity index is 661. The van der Waals surface area contributed by atoms with Crippen molar-refractivity contribution in [2.24, 2.45) is 5.92 Å². The van der Waals surface area contributed by atoms with Gasteiger partial charge >= 0.3 is 5.97 Å². The maximum Gasteiger partial charge on any atom is 0.308 e. The molecule has 0 bridgehead atoms. The maximum absolute atomic E-state index is 12.9. The molecule has 23 heavy (non-hydrogen) atoms. The zero-order valence-electron chi connectivity index (χ0n) is 13.0. The number of ether oxygens (including phenoxy) is 1. The number of aromatic nitrogens is 1. The first-order chi connectivity index (χ1) is 11.2. The van der Waals surface area contributed by atoms with E-state index in [0.29, 0.717) is 18.2 Å². The van der Waals surface area contributed by atoms with E-state index >= 15 is 0 Å². The van der Waals surface area contributed by atoms with Crippen LogP contribution < -0.4 is 0 Å². The number of carbonyl (C=O) groups excluding carboxylic acids is 1. The van der Waals surface area contributed by atoms with E-state index in [1.807, 2.05) is 0 Å². The van der Waals surface area contributed by atoms with Crippen LogP contribution in [-0.4, -0.2) is 36.1 Å². The molecule has 1 aliphatic rings. The van der Waals surface area contributed by atoms with E-state index in [4.69, 9.17) is 9.15 Å². The molecule has 3 rings (SSSR count). The molecule has 0 amide bonds. The fourth-order valence-electron chi connectivity index (χ4n) is 2.82. The van der Waals surface area contributed by atoms with Crippen molar-refractivity contribution >= 4 is 5.97 Å². The first kappa shape index (κ1) is 15.7. The molecule has 0 unspecified atom stereocenters. The first-order valence-electron chi connectivity index (χ1n) is 7.66. The monoisotopic (exact) mass is 318 g/mol. The summed E-state index contributed by atoms with van der Waals surface area (Å²) in [6.07, 6.45) is 3.24. The van der Waals surface area contributed by atoms with Crippen molar-refractivity contribution < 1.29 is 18.3 Å². The number of benzene rings is 1. The lowest BCUT2D eigenvalue weighted by atomic mass is 9.97. The summed E-state index contributed by atoms with van der Waals surface area (Å²) in [5.74, 6) is 0.849. The van der Waals surface area contributed by atoms with Gasteiger partial charge in [-0.05, 0) is 50.2 Å². The predicted molar refractivity (Wildman–Crippen MR) is 81.9 cm³/mol. The Morgan fingerprint density at radius 3 is 2.70 bits per heavy atom. The van der Waals surface area contributed by atoms with Gasteiger partial charge in [0.1, 0.15) is 5.82 Å². The SMILES string of the molecule is COC(=O)C1CCN(Cc2ncc(-c3ccc(F)cc3)o2)CC1. The number of nitrogens with zero attached hydrogens (tertiary/aromatic N) is 2. The molecule has 0 aliphatic carbocycles. The Kier molecular flexibility index (Phi) is 4.71. The van der Waals surface area contributed by atoms with Crippen molar-refractivity contribution in [1.29, 1.82) is 0 Å². The van der Waals surface area contributed by atoms with E-state index in [1.165, 1.54) is 19.2 Å². The minimum Gasteiger partial charge on any atom is -0.469 e. The number of esters is 1. The zero-order valence-corrected chi connectivity index (χ0v) is 13.0. The molecule has 5 nitrogen and oxygen atoms in total. The Morgan fingerprint density at radius 1 is 1.35 bits per heavy atom. The second-order valence-corrected chi connectivity index (χ2v) is 5.70. The van der Waals surface area contributed by atoms with Crippen molar-refractivity contribution in [2.45, 2.75) is 19.4 Å². The standard InChI is InChI=1S/C17H19FN2O3/c1-22-17(21)13-6-8-20(9-7-13)11-16-19-10-15(23-16)12-2-4-14(18)5-3-12/h2-5,10,13H,6-9,11H2,1H3. The molecule has 122 valence electrons. The van der Waals surface area contributed by atoms with E-state index in [-0.39, 0.29) is 17.7 Å². The molecule has 0 atom stereocenters. The van der Waals surface area contributed by atoms with Crippen LogP contribution in [0.15, 0.2) is 34.9 Å². The number of halogens is 1. The van der Waals surface area contributed by atoms with Gasteiger partial charge in [-0.25, -0.2) is 9.37 Å². The lowest BCUT2D eigenvalue weighted by molar-refractivity contribution is -0.147. The van der Waals surface area contributed by atoms with Gasteiger partial charge in [0.25, 0.3) is 0 Å². The van der Waals surface area contributed by atoms with Gasteiger partial charge in [0.15, 0.2) is 5.76 Å². The van der Waals surface area contributed by atoms with Gasteiger partial charge in [0.05, 0.1) is 25.8 Å². The van der Waals surface area contributed by atoms with Crippen LogP contribution in [-0.2, 0) is 16.1 Å². The third kappa shape index (κ3) is 3.76. The topological polar surface area (TPSA) is 55.6 Å². The van der Waals surface area contributed by atoms with Crippen molar-refractivity contribution in [2.75, 3.05) is 20.2 Å². The summed E-state index contributed by atoms with van der Waals surface area (Å²) in [6, 6.07) is 6.13. The number of oxazole rings is 1. The Labute approximate surface area is 134 Å².